The van der Waals surface area contributed by atoms with E-state index in [0.717, 1.165) is 28.2 Å². The summed E-state index contributed by atoms with van der Waals surface area (Å²) < 4.78 is 2.05. The standard InChI is InChI=1S/C24H24N4O3/c1-16(29)26-22(30)9-6-12-28-15-19-13-18(10-11-20(19)24(28)31)21-14-25-23(27(21)2)17-7-4-3-5-8-17/h3-5,7-8,10-11,13-14H,6,9,12,15H2,1-2H3,(H,26,29,30). The predicted octanol–water partition coefficient (Wildman–Crippen LogP) is 3.15. The van der Waals surface area contributed by atoms with Crippen molar-refractivity contribution in [3.63, 3.8) is 0 Å². The largest absolute Gasteiger partial charge is 0.334 e. The molecule has 0 bridgehead atoms. The van der Waals surface area contributed by atoms with Gasteiger partial charge in [0.1, 0.15) is 5.82 Å². The van der Waals surface area contributed by atoms with Crippen LogP contribution in [0.2, 0.25) is 0 Å². The lowest BCUT2D eigenvalue weighted by atomic mass is 10.0. The van der Waals surface area contributed by atoms with Gasteiger partial charge >= 0.3 is 0 Å². The molecule has 0 radical (unpaired) electrons. The molecule has 158 valence electrons. The zero-order valence-electron chi connectivity index (χ0n) is 17.6. The molecule has 1 aliphatic heterocycles. The number of rotatable bonds is 6. The van der Waals surface area contributed by atoms with Gasteiger partial charge in [-0.1, -0.05) is 36.4 Å². The minimum absolute atomic E-state index is 0.0245. The molecule has 0 atom stereocenters. The fraction of sp³-hybridized carbons (Fsp3) is 0.250. The van der Waals surface area contributed by atoms with E-state index in [4.69, 9.17) is 0 Å². The van der Waals surface area contributed by atoms with Gasteiger partial charge in [0.05, 0.1) is 11.9 Å². The molecule has 1 N–H and O–H groups in total. The van der Waals surface area contributed by atoms with Gasteiger partial charge in [0.2, 0.25) is 11.8 Å². The lowest BCUT2D eigenvalue weighted by molar-refractivity contribution is -0.129. The molecular weight excluding hydrogens is 392 g/mol. The van der Waals surface area contributed by atoms with E-state index in [1.165, 1.54) is 6.92 Å². The molecule has 3 amide bonds. The van der Waals surface area contributed by atoms with Crippen molar-refractivity contribution in [2.45, 2.75) is 26.3 Å². The summed E-state index contributed by atoms with van der Waals surface area (Å²) in [7, 11) is 1.99. The van der Waals surface area contributed by atoms with Gasteiger partial charge in [0.25, 0.3) is 5.91 Å². The molecule has 31 heavy (non-hydrogen) atoms. The molecule has 1 aromatic heterocycles. The Bertz CT molecular complexity index is 1150. The molecule has 2 aromatic carbocycles. The second-order valence-electron chi connectivity index (χ2n) is 7.70. The number of amides is 3. The molecule has 4 rings (SSSR count). The first-order valence-electron chi connectivity index (χ1n) is 10.2. The molecule has 3 aromatic rings. The second-order valence-corrected chi connectivity index (χ2v) is 7.70. The zero-order chi connectivity index (χ0) is 22.0. The van der Waals surface area contributed by atoms with Crippen molar-refractivity contribution >= 4 is 17.7 Å². The Morgan fingerprint density at radius 1 is 1.10 bits per heavy atom. The van der Waals surface area contributed by atoms with Gasteiger partial charge in [-0.3, -0.25) is 19.7 Å². The van der Waals surface area contributed by atoms with Crippen LogP contribution < -0.4 is 5.32 Å². The van der Waals surface area contributed by atoms with Gasteiger partial charge in [-0.05, 0) is 24.1 Å². The van der Waals surface area contributed by atoms with Crippen LogP contribution in [-0.2, 0) is 23.2 Å². The number of fused-ring (bicyclic) bond motifs is 1. The lowest BCUT2D eigenvalue weighted by Crippen LogP contribution is -2.30. The second kappa shape index (κ2) is 8.55. The summed E-state index contributed by atoms with van der Waals surface area (Å²) in [5.41, 5.74) is 4.70. The summed E-state index contributed by atoms with van der Waals surface area (Å²) in [6.45, 7) is 2.29. The summed E-state index contributed by atoms with van der Waals surface area (Å²) in [6.07, 6.45) is 2.57. The number of imidazole rings is 1. The molecule has 0 unspecified atom stereocenters. The van der Waals surface area contributed by atoms with Crippen molar-refractivity contribution < 1.29 is 14.4 Å². The molecule has 0 saturated carbocycles. The average Bonchev–Trinajstić information content (AvgIpc) is 3.28. The van der Waals surface area contributed by atoms with Crippen LogP contribution in [0.5, 0.6) is 0 Å². The van der Waals surface area contributed by atoms with E-state index in [-0.39, 0.29) is 24.1 Å². The zero-order valence-corrected chi connectivity index (χ0v) is 17.6. The maximum Gasteiger partial charge on any atom is 0.254 e. The molecule has 7 nitrogen and oxygen atoms in total. The van der Waals surface area contributed by atoms with Crippen LogP contribution in [0.15, 0.2) is 54.7 Å². The Kier molecular flexibility index (Phi) is 5.66. The number of carbonyl (C=O) groups is 3. The van der Waals surface area contributed by atoms with Gasteiger partial charge in [0, 0.05) is 50.2 Å². The summed E-state index contributed by atoms with van der Waals surface area (Å²) in [5.74, 6) is 0.179. The molecular formula is C24H24N4O3. The van der Waals surface area contributed by atoms with E-state index < -0.39 is 0 Å². The number of nitrogens with one attached hydrogen (secondary N) is 1. The highest BCUT2D eigenvalue weighted by Crippen LogP contribution is 2.30. The van der Waals surface area contributed by atoms with Crippen LogP contribution in [0.25, 0.3) is 22.6 Å². The van der Waals surface area contributed by atoms with Crippen LogP contribution in [-0.4, -0.2) is 38.7 Å². The quantitative estimate of drug-likeness (QED) is 0.669. The van der Waals surface area contributed by atoms with Gasteiger partial charge in [-0.2, -0.15) is 0 Å². The number of imide groups is 1. The Balaban J connectivity index is 1.47. The van der Waals surface area contributed by atoms with Gasteiger partial charge in [-0.25, -0.2) is 4.98 Å². The molecule has 0 fully saturated rings. The monoisotopic (exact) mass is 416 g/mol. The van der Waals surface area contributed by atoms with Gasteiger partial charge in [-0.15, -0.1) is 0 Å². The normalized spacial score (nSPS) is 12.7. The van der Waals surface area contributed by atoms with E-state index in [0.29, 0.717) is 25.1 Å². The third-order valence-electron chi connectivity index (χ3n) is 5.45. The van der Waals surface area contributed by atoms with E-state index in [1.54, 1.807) is 4.90 Å². The topological polar surface area (TPSA) is 84.3 Å². The van der Waals surface area contributed by atoms with Crippen molar-refractivity contribution in [1.29, 1.82) is 0 Å². The third-order valence-corrected chi connectivity index (χ3v) is 5.45. The van der Waals surface area contributed by atoms with Crippen LogP contribution in [0.1, 0.15) is 35.7 Å². The van der Waals surface area contributed by atoms with Crippen LogP contribution >= 0.6 is 0 Å². The van der Waals surface area contributed by atoms with Gasteiger partial charge in [0.15, 0.2) is 0 Å². The summed E-state index contributed by atoms with van der Waals surface area (Å²) >= 11 is 0. The molecule has 0 aliphatic carbocycles. The number of carbonyl (C=O) groups excluding carboxylic acids is 3. The lowest BCUT2D eigenvalue weighted by Gasteiger charge is -2.14. The number of benzene rings is 2. The summed E-state index contributed by atoms with van der Waals surface area (Å²) in [5, 5.41) is 2.25. The van der Waals surface area contributed by atoms with E-state index in [9.17, 15) is 14.4 Å². The highest BCUT2D eigenvalue weighted by Gasteiger charge is 2.27. The minimum Gasteiger partial charge on any atom is -0.334 e. The highest BCUT2D eigenvalue weighted by atomic mass is 16.2. The van der Waals surface area contributed by atoms with Crippen molar-refractivity contribution in [2.75, 3.05) is 6.54 Å². The number of nitrogens with zero attached hydrogens (tertiary/aromatic N) is 3. The van der Waals surface area contributed by atoms with Crippen molar-refractivity contribution in [1.82, 2.24) is 19.8 Å². The van der Waals surface area contributed by atoms with Crippen molar-refractivity contribution in [3.8, 4) is 22.6 Å². The van der Waals surface area contributed by atoms with Crippen molar-refractivity contribution in [2.24, 2.45) is 7.05 Å². The average molecular weight is 416 g/mol. The Hall–Kier alpha value is -3.74. The maximum absolute atomic E-state index is 12.7. The molecule has 0 saturated heterocycles. The molecule has 0 spiro atoms. The first-order valence-corrected chi connectivity index (χ1v) is 10.2. The summed E-state index contributed by atoms with van der Waals surface area (Å²) in [6, 6.07) is 15.9. The molecule has 1 aliphatic rings. The minimum atomic E-state index is -0.368. The number of aromatic nitrogens is 2. The Morgan fingerprint density at radius 3 is 2.61 bits per heavy atom. The maximum atomic E-state index is 12.7. The van der Waals surface area contributed by atoms with Crippen LogP contribution in [0.4, 0.5) is 0 Å². The smallest absolute Gasteiger partial charge is 0.254 e. The van der Waals surface area contributed by atoms with Gasteiger partial charge < -0.3 is 9.47 Å². The Labute approximate surface area is 180 Å². The highest BCUT2D eigenvalue weighted by molar-refractivity contribution is 5.99. The predicted molar refractivity (Wildman–Crippen MR) is 117 cm³/mol. The van der Waals surface area contributed by atoms with E-state index in [2.05, 4.69) is 14.9 Å². The first-order chi connectivity index (χ1) is 14.9. The molecule has 7 heteroatoms. The fourth-order valence-corrected chi connectivity index (χ4v) is 3.94. The molecule has 2 heterocycles. The van der Waals surface area contributed by atoms with E-state index in [1.807, 2.05) is 61.8 Å². The van der Waals surface area contributed by atoms with Crippen LogP contribution in [0, 0.1) is 0 Å². The van der Waals surface area contributed by atoms with Crippen molar-refractivity contribution in [3.05, 3.63) is 65.9 Å². The SMILES string of the molecule is CC(=O)NC(=O)CCCN1Cc2cc(-c3cnc(-c4ccccc4)n3C)ccc2C1=O. The van der Waals surface area contributed by atoms with E-state index >= 15 is 0 Å². The summed E-state index contributed by atoms with van der Waals surface area (Å²) in [4.78, 5) is 41.6. The number of hydrogen-bond donors (Lipinski definition) is 1. The fourth-order valence-electron chi connectivity index (χ4n) is 3.94. The first kappa shape index (κ1) is 20.5. The van der Waals surface area contributed by atoms with Crippen LogP contribution in [0.3, 0.4) is 0 Å². The number of hydrogen-bond acceptors (Lipinski definition) is 4. The third kappa shape index (κ3) is 4.26. The Morgan fingerprint density at radius 2 is 1.87 bits per heavy atom.